The summed E-state index contributed by atoms with van der Waals surface area (Å²) in [5, 5.41) is 3.47. The van der Waals surface area contributed by atoms with Crippen molar-refractivity contribution in [3.63, 3.8) is 0 Å². The summed E-state index contributed by atoms with van der Waals surface area (Å²) in [5.74, 6) is 0.692. The van der Waals surface area contributed by atoms with Crippen LogP contribution in [0.15, 0.2) is 24.3 Å². The highest BCUT2D eigenvalue weighted by molar-refractivity contribution is 5.22. The summed E-state index contributed by atoms with van der Waals surface area (Å²) in [4.78, 5) is 0. The number of benzene rings is 1. The van der Waals surface area contributed by atoms with E-state index in [1.165, 1.54) is 11.1 Å². The third-order valence-corrected chi connectivity index (χ3v) is 3.35. The van der Waals surface area contributed by atoms with Crippen LogP contribution in [-0.4, -0.2) is 12.1 Å². The van der Waals surface area contributed by atoms with Crippen molar-refractivity contribution in [1.29, 1.82) is 0 Å². The van der Waals surface area contributed by atoms with E-state index in [1.807, 2.05) is 0 Å². The molecule has 0 amide bonds. The topological polar surface area (TPSA) is 21.3 Å². The lowest BCUT2D eigenvalue weighted by Gasteiger charge is -2.23. The maximum absolute atomic E-state index is 5.94. The standard InChI is InChI=1S/C17H29NO/c1-6-17(4,5)19-13-16-9-7-8-15(10-16)12-18-11-14(2)3/h7-10,14,18H,6,11-13H2,1-5H3. The van der Waals surface area contributed by atoms with Gasteiger partial charge in [-0.2, -0.15) is 0 Å². The van der Waals surface area contributed by atoms with Crippen LogP contribution in [0.25, 0.3) is 0 Å². The second-order valence-electron chi connectivity index (χ2n) is 6.25. The summed E-state index contributed by atoms with van der Waals surface area (Å²) in [7, 11) is 0. The molecule has 0 aliphatic carbocycles. The van der Waals surface area contributed by atoms with Crippen LogP contribution < -0.4 is 5.32 Å². The Kier molecular flexibility index (Phi) is 6.53. The fraction of sp³-hybridized carbons (Fsp3) is 0.647. The molecule has 1 aromatic carbocycles. The van der Waals surface area contributed by atoms with E-state index in [2.05, 4.69) is 64.2 Å². The van der Waals surface area contributed by atoms with Gasteiger partial charge in [0.2, 0.25) is 0 Å². The predicted octanol–water partition coefficient (Wildman–Crippen LogP) is 4.14. The predicted molar refractivity (Wildman–Crippen MR) is 82.1 cm³/mol. The molecule has 0 aliphatic rings. The molecular weight excluding hydrogens is 234 g/mol. The molecule has 0 aromatic heterocycles. The van der Waals surface area contributed by atoms with Gasteiger partial charge in [0.25, 0.3) is 0 Å². The molecule has 19 heavy (non-hydrogen) atoms. The van der Waals surface area contributed by atoms with Crippen LogP contribution in [0, 0.1) is 5.92 Å². The fourth-order valence-electron chi connectivity index (χ4n) is 1.72. The zero-order valence-corrected chi connectivity index (χ0v) is 13.1. The van der Waals surface area contributed by atoms with E-state index >= 15 is 0 Å². The lowest BCUT2D eigenvalue weighted by Crippen LogP contribution is -2.22. The first-order chi connectivity index (χ1) is 8.93. The molecule has 0 unspecified atom stereocenters. The van der Waals surface area contributed by atoms with Gasteiger partial charge in [0.05, 0.1) is 12.2 Å². The number of ether oxygens (including phenoxy) is 1. The number of nitrogens with one attached hydrogen (secondary N) is 1. The van der Waals surface area contributed by atoms with Crippen molar-refractivity contribution in [2.45, 2.75) is 59.8 Å². The zero-order valence-electron chi connectivity index (χ0n) is 13.1. The van der Waals surface area contributed by atoms with Crippen molar-refractivity contribution in [2.24, 2.45) is 5.92 Å². The highest BCUT2D eigenvalue weighted by atomic mass is 16.5. The van der Waals surface area contributed by atoms with Gasteiger partial charge >= 0.3 is 0 Å². The summed E-state index contributed by atoms with van der Waals surface area (Å²) in [6, 6.07) is 8.66. The zero-order chi connectivity index (χ0) is 14.3. The highest BCUT2D eigenvalue weighted by Crippen LogP contribution is 2.17. The van der Waals surface area contributed by atoms with E-state index in [0.29, 0.717) is 12.5 Å². The van der Waals surface area contributed by atoms with E-state index in [9.17, 15) is 0 Å². The van der Waals surface area contributed by atoms with E-state index < -0.39 is 0 Å². The lowest BCUT2D eigenvalue weighted by molar-refractivity contribution is -0.0316. The highest BCUT2D eigenvalue weighted by Gasteiger charge is 2.14. The second-order valence-corrected chi connectivity index (χ2v) is 6.25. The Morgan fingerprint density at radius 3 is 2.53 bits per heavy atom. The maximum atomic E-state index is 5.94. The largest absolute Gasteiger partial charge is 0.371 e. The molecule has 2 heteroatoms. The van der Waals surface area contributed by atoms with Gasteiger partial charge in [-0.25, -0.2) is 0 Å². The molecule has 1 aromatic rings. The average Bonchev–Trinajstić information content (AvgIpc) is 2.37. The molecule has 0 radical (unpaired) electrons. The summed E-state index contributed by atoms with van der Waals surface area (Å²) < 4.78 is 5.94. The van der Waals surface area contributed by atoms with Crippen molar-refractivity contribution in [2.75, 3.05) is 6.54 Å². The third-order valence-electron chi connectivity index (χ3n) is 3.35. The van der Waals surface area contributed by atoms with Gasteiger partial charge in [0, 0.05) is 6.54 Å². The van der Waals surface area contributed by atoms with Crippen LogP contribution in [-0.2, 0) is 17.9 Å². The van der Waals surface area contributed by atoms with Crippen molar-refractivity contribution < 1.29 is 4.74 Å². The molecule has 108 valence electrons. The smallest absolute Gasteiger partial charge is 0.0724 e. The molecule has 0 fully saturated rings. The molecular formula is C17H29NO. The van der Waals surface area contributed by atoms with Crippen LogP contribution in [0.1, 0.15) is 52.2 Å². The molecule has 0 saturated carbocycles. The summed E-state index contributed by atoms with van der Waals surface area (Å²) in [6.45, 7) is 13.6. The number of hydrogen-bond acceptors (Lipinski definition) is 2. The van der Waals surface area contributed by atoms with E-state index in [0.717, 1.165) is 19.5 Å². The molecule has 0 spiro atoms. The third kappa shape index (κ3) is 6.74. The minimum atomic E-state index is -0.0358. The Bertz CT molecular complexity index is 371. The van der Waals surface area contributed by atoms with Gasteiger partial charge in [-0.15, -0.1) is 0 Å². The summed E-state index contributed by atoms with van der Waals surface area (Å²) in [6.07, 6.45) is 1.03. The van der Waals surface area contributed by atoms with E-state index in [1.54, 1.807) is 0 Å². The van der Waals surface area contributed by atoms with Gasteiger partial charge in [-0.3, -0.25) is 0 Å². The van der Waals surface area contributed by atoms with Crippen LogP contribution in [0.4, 0.5) is 0 Å². The Hall–Kier alpha value is -0.860. The fourth-order valence-corrected chi connectivity index (χ4v) is 1.72. The quantitative estimate of drug-likeness (QED) is 0.761. The molecule has 0 bridgehead atoms. The van der Waals surface area contributed by atoms with Gasteiger partial charge < -0.3 is 10.1 Å². The first-order valence-electron chi connectivity index (χ1n) is 7.35. The van der Waals surface area contributed by atoms with Gasteiger partial charge in [-0.1, -0.05) is 45.0 Å². The van der Waals surface area contributed by atoms with Gasteiger partial charge in [-0.05, 0) is 43.9 Å². The van der Waals surface area contributed by atoms with Gasteiger partial charge in [0.15, 0.2) is 0 Å². The van der Waals surface area contributed by atoms with Gasteiger partial charge in [0.1, 0.15) is 0 Å². The molecule has 0 heterocycles. The number of hydrogen-bond donors (Lipinski definition) is 1. The molecule has 0 saturated heterocycles. The van der Waals surface area contributed by atoms with Crippen LogP contribution in [0.2, 0.25) is 0 Å². The normalized spacial score (nSPS) is 12.1. The van der Waals surface area contributed by atoms with Crippen LogP contribution >= 0.6 is 0 Å². The molecule has 1 N–H and O–H groups in total. The first-order valence-corrected chi connectivity index (χ1v) is 7.35. The van der Waals surface area contributed by atoms with Crippen molar-refractivity contribution >= 4 is 0 Å². The average molecular weight is 263 g/mol. The van der Waals surface area contributed by atoms with Crippen molar-refractivity contribution in [3.8, 4) is 0 Å². The number of rotatable bonds is 8. The van der Waals surface area contributed by atoms with Crippen molar-refractivity contribution in [3.05, 3.63) is 35.4 Å². The van der Waals surface area contributed by atoms with E-state index in [4.69, 9.17) is 4.74 Å². The van der Waals surface area contributed by atoms with E-state index in [-0.39, 0.29) is 5.60 Å². The van der Waals surface area contributed by atoms with Crippen molar-refractivity contribution in [1.82, 2.24) is 5.32 Å². The molecule has 2 nitrogen and oxygen atoms in total. The molecule has 0 atom stereocenters. The maximum Gasteiger partial charge on any atom is 0.0724 e. The second kappa shape index (κ2) is 7.66. The lowest BCUT2D eigenvalue weighted by atomic mass is 10.1. The minimum absolute atomic E-state index is 0.0358. The Morgan fingerprint density at radius 1 is 1.21 bits per heavy atom. The van der Waals surface area contributed by atoms with Crippen LogP contribution in [0.3, 0.4) is 0 Å². The minimum Gasteiger partial charge on any atom is -0.371 e. The Balaban J connectivity index is 2.48. The van der Waals surface area contributed by atoms with Crippen LogP contribution in [0.5, 0.6) is 0 Å². The first kappa shape index (κ1) is 16.2. The summed E-state index contributed by atoms with van der Waals surface area (Å²) in [5.41, 5.74) is 2.55. The molecule has 0 aliphatic heterocycles. The monoisotopic (exact) mass is 263 g/mol. The SMILES string of the molecule is CCC(C)(C)OCc1cccc(CNCC(C)C)c1. The Labute approximate surface area is 118 Å². The Morgan fingerprint density at radius 2 is 1.89 bits per heavy atom. The molecule has 1 rings (SSSR count). The summed E-state index contributed by atoms with van der Waals surface area (Å²) >= 11 is 0.